The summed E-state index contributed by atoms with van der Waals surface area (Å²) in [7, 11) is 0. The average molecular weight is 547 g/mol. The van der Waals surface area contributed by atoms with Gasteiger partial charge in [-0.2, -0.15) is 0 Å². The van der Waals surface area contributed by atoms with Gasteiger partial charge in [-0.15, -0.1) is 23.1 Å². The van der Waals surface area contributed by atoms with E-state index >= 15 is 0 Å². The average Bonchev–Trinajstić information content (AvgIpc) is 3.48. The highest BCUT2D eigenvalue weighted by Gasteiger charge is 2.60. The SMILES string of the molecule is C=C1CC[C@@H]2[C@]3(C)COC(C)(C)O[C@@H]3CC[C@@]2(C)[C@@H]1C/C=C1/C(=O)OC[C@H]1OC(=O)CSc1cccs1. The van der Waals surface area contributed by atoms with Crippen molar-refractivity contribution < 1.29 is 28.5 Å². The number of ether oxygens (including phenoxy) is 4. The lowest BCUT2D eigenvalue weighted by atomic mass is 9.46. The van der Waals surface area contributed by atoms with E-state index in [4.69, 9.17) is 18.9 Å². The normalized spacial score (nSPS) is 38.1. The van der Waals surface area contributed by atoms with E-state index in [0.717, 1.165) is 29.9 Å². The lowest BCUT2D eigenvalue weighted by Crippen LogP contribution is -2.62. The first kappa shape index (κ1) is 27.0. The molecule has 0 radical (unpaired) electrons. The van der Waals surface area contributed by atoms with Gasteiger partial charge in [0.2, 0.25) is 0 Å². The Balaban J connectivity index is 1.29. The number of hydrogen-bond acceptors (Lipinski definition) is 8. The van der Waals surface area contributed by atoms with Crippen LogP contribution in [0.15, 0.2) is 45.5 Å². The molecular formula is C29H38O6S2. The number of rotatable bonds is 6. The molecular weight excluding hydrogens is 508 g/mol. The summed E-state index contributed by atoms with van der Waals surface area (Å²) in [5.41, 5.74) is 1.67. The summed E-state index contributed by atoms with van der Waals surface area (Å²) in [4.78, 5) is 25.1. The van der Waals surface area contributed by atoms with E-state index < -0.39 is 11.9 Å². The Morgan fingerprint density at radius 2 is 2.08 bits per heavy atom. The van der Waals surface area contributed by atoms with Crippen LogP contribution in [0.2, 0.25) is 0 Å². The van der Waals surface area contributed by atoms with E-state index in [2.05, 4.69) is 20.4 Å². The molecule has 0 N–H and O–H groups in total. The van der Waals surface area contributed by atoms with E-state index in [1.807, 2.05) is 37.4 Å². The van der Waals surface area contributed by atoms with E-state index in [9.17, 15) is 9.59 Å². The third kappa shape index (κ3) is 5.19. The van der Waals surface area contributed by atoms with Gasteiger partial charge in [-0.3, -0.25) is 4.79 Å². The Labute approximate surface area is 228 Å². The van der Waals surface area contributed by atoms with Crippen LogP contribution in [0.3, 0.4) is 0 Å². The van der Waals surface area contributed by atoms with Crippen LogP contribution in [-0.2, 0) is 28.5 Å². The second-order valence-electron chi connectivity index (χ2n) is 11.8. The highest BCUT2D eigenvalue weighted by molar-refractivity contribution is 8.01. The number of esters is 2. The Hall–Kier alpha value is -1.61. The molecule has 0 spiro atoms. The molecule has 1 aromatic rings. The summed E-state index contributed by atoms with van der Waals surface area (Å²) in [5, 5.41) is 1.98. The van der Waals surface area contributed by atoms with Crippen LogP contribution in [0.1, 0.15) is 59.8 Å². The monoisotopic (exact) mass is 546 g/mol. The number of fused-ring (bicyclic) bond motifs is 3. The Morgan fingerprint density at radius 1 is 1.27 bits per heavy atom. The Kier molecular flexibility index (Phi) is 7.42. The molecule has 2 aliphatic heterocycles. The number of allylic oxidation sites excluding steroid dienone is 2. The van der Waals surface area contributed by atoms with Crippen LogP contribution < -0.4 is 0 Å². The van der Waals surface area contributed by atoms with Gasteiger partial charge in [-0.25, -0.2) is 4.79 Å². The fourth-order valence-corrected chi connectivity index (χ4v) is 8.75. The van der Waals surface area contributed by atoms with Gasteiger partial charge in [0.05, 0.1) is 28.2 Å². The molecule has 4 aliphatic rings. The van der Waals surface area contributed by atoms with Crippen molar-refractivity contribution in [1.82, 2.24) is 0 Å². The Bertz CT molecular complexity index is 1080. The first-order chi connectivity index (χ1) is 17.5. The lowest BCUT2D eigenvalue weighted by Gasteiger charge is -2.63. The minimum absolute atomic E-state index is 0.0257. The minimum atomic E-state index is -0.653. The van der Waals surface area contributed by atoms with Crippen molar-refractivity contribution in [1.29, 1.82) is 0 Å². The third-order valence-corrected chi connectivity index (χ3v) is 11.2. The molecule has 6 atom stereocenters. The molecule has 6 nitrogen and oxygen atoms in total. The van der Waals surface area contributed by atoms with E-state index in [0.29, 0.717) is 24.5 Å². The molecule has 37 heavy (non-hydrogen) atoms. The molecule has 0 aromatic carbocycles. The summed E-state index contributed by atoms with van der Waals surface area (Å²) in [6.07, 6.45) is 6.23. The van der Waals surface area contributed by atoms with Gasteiger partial charge in [0, 0.05) is 5.41 Å². The van der Waals surface area contributed by atoms with Gasteiger partial charge in [0.1, 0.15) is 6.61 Å². The van der Waals surface area contributed by atoms with Crippen molar-refractivity contribution in [2.45, 2.75) is 82.0 Å². The van der Waals surface area contributed by atoms with Gasteiger partial charge in [0.15, 0.2) is 11.9 Å². The van der Waals surface area contributed by atoms with Crippen LogP contribution in [0.4, 0.5) is 0 Å². The van der Waals surface area contributed by atoms with E-state index in [-0.39, 0.29) is 47.2 Å². The highest BCUT2D eigenvalue weighted by Crippen LogP contribution is 2.63. The molecule has 202 valence electrons. The number of hydrogen-bond donors (Lipinski definition) is 0. The molecule has 2 aliphatic carbocycles. The zero-order valence-corrected chi connectivity index (χ0v) is 23.9. The third-order valence-electron chi connectivity index (χ3n) is 9.10. The molecule has 2 saturated carbocycles. The lowest BCUT2D eigenvalue weighted by molar-refractivity contribution is -0.344. The summed E-state index contributed by atoms with van der Waals surface area (Å²) in [5.74, 6) is -0.407. The van der Waals surface area contributed by atoms with Crippen molar-refractivity contribution in [3.05, 3.63) is 41.3 Å². The zero-order chi connectivity index (χ0) is 26.4. The van der Waals surface area contributed by atoms with Crippen LogP contribution in [0.25, 0.3) is 0 Å². The van der Waals surface area contributed by atoms with Gasteiger partial charge in [-0.05, 0) is 74.6 Å². The minimum Gasteiger partial charge on any atom is -0.458 e. The number of thiophene rings is 1. The molecule has 4 fully saturated rings. The highest BCUT2D eigenvalue weighted by atomic mass is 32.2. The quantitative estimate of drug-likeness (QED) is 0.183. The fraction of sp³-hybridized carbons (Fsp3) is 0.655. The fourth-order valence-electron chi connectivity index (χ4n) is 7.18. The number of thioether (sulfide) groups is 1. The molecule has 0 unspecified atom stereocenters. The smallest absolute Gasteiger partial charge is 0.337 e. The summed E-state index contributed by atoms with van der Waals surface area (Å²) >= 11 is 3.03. The van der Waals surface area contributed by atoms with Gasteiger partial charge < -0.3 is 18.9 Å². The first-order valence-electron chi connectivity index (χ1n) is 13.2. The maximum atomic E-state index is 12.6. The zero-order valence-electron chi connectivity index (χ0n) is 22.2. The van der Waals surface area contributed by atoms with E-state index in [1.54, 1.807) is 11.3 Å². The maximum absolute atomic E-state index is 12.6. The van der Waals surface area contributed by atoms with Crippen LogP contribution in [0.5, 0.6) is 0 Å². The Morgan fingerprint density at radius 3 is 2.84 bits per heavy atom. The second kappa shape index (κ2) is 10.2. The number of carbonyl (C=O) groups is 2. The van der Waals surface area contributed by atoms with Gasteiger partial charge >= 0.3 is 11.9 Å². The molecule has 5 rings (SSSR count). The predicted octanol–water partition coefficient (Wildman–Crippen LogP) is 6.17. The molecule has 8 heteroatoms. The number of cyclic esters (lactones) is 1. The van der Waals surface area contributed by atoms with Crippen LogP contribution in [-0.4, -0.2) is 48.9 Å². The molecule has 3 heterocycles. The molecule has 0 amide bonds. The largest absolute Gasteiger partial charge is 0.458 e. The molecule has 2 saturated heterocycles. The van der Waals surface area contributed by atoms with Crippen LogP contribution >= 0.6 is 23.1 Å². The van der Waals surface area contributed by atoms with Gasteiger partial charge in [0.25, 0.3) is 0 Å². The van der Waals surface area contributed by atoms with E-state index in [1.165, 1.54) is 17.3 Å². The second-order valence-corrected chi connectivity index (χ2v) is 14.1. The van der Waals surface area contributed by atoms with Crippen molar-refractivity contribution in [2.75, 3.05) is 19.0 Å². The maximum Gasteiger partial charge on any atom is 0.337 e. The van der Waals surface area contributed by atoms with Crippen molar-refractivity contribution in [3.8, 4) is 0 Å². The first-order valence-corrected chi connectivity index (χ1v) is 15.1. The summed E-state index contributed by atoms with van der Waals surface area (Å²) < 4.78 is 24.6. The molecule has 1 aromatic heterocycles. The standard InChI is InChI=1S/C29H38O6S2/c1-18-8-11-22-28(4,13-12-23-29(22,5)17-33-27(2,3)35-23)20(18)10-9-19-21(15-32-26(19)31)34-24(30)16-37-25-7-6-14-36-25/h6-7,9,14,20-23H,1,8,10-13,15-17H2,2-5H3/b19-9+/t20-,21-,22+,23-,28+,29+/m1/s1. The van der Waals surface area contributed by atoms with Gasteiger partial charge in [-0.1, -0.05) is 38.1 Å². The summed E-state index contributed by atoms with van der Waals surface area (Å²) in [6.45, 7) is 14.0. The topological polar surface area (TPSA) is 71.1 Å². The van der Waals surface area contributed by atoms with Crippen LogP contribution in [0, 0.1) is 22.7 Å². The van der Waals surface area contributed by atoms with Crippen molar-refractivity contribution in [2.24, 2.45) is 22.7 Å². The van der Waals surface area contributed by atoms with Crippen molar-refractivity contribution in [3.63, 3.8) is 0 Å². The predicted molar refractivity (Wildman–Crippen MR) is 144 cm³/mol. The number of carbonyl (C=O) groups excluding carboxylic acids is 2. The summed E-state index contributed by atoms with van der Waals surface area (Å²) in [6, 6.07) is 3.93. The van der Waals surface area contributed by atoms with Crippen molar-refractivity contribution >= 4 is 35.0 Å². The molecule has 0 bridgehead atoms.